The summed E-state index contributed by atoms with van der Waals surface area (Å²) in [4.78, 5) is 11.8. The maximum absolute atomic E-state index is 12.8. The summed E-state index contributed by atoms with van der Waals surface area (Å²) < 4.78 is 19.1. The second-order valence-corrected chi connectivity index (χ2v) is 6.50. The Kier molecular flexibility index (Phi) is 6.33. The Morgan fingerprint density at radius 1 is 1.04 bits per heavy atom. The molecule has 0 spiro atoms. The number of hydrogen-bond acceptors (Lipinski definition) is 3. The molecular formula is C21H16BrFN2O2. The third-order valence-corrected chi connectivity index (χ3v) is 4.29. The van der Waals surface area contributed by atoms with Crippen molar-refractivity contribution in [2.75, 3.05) is 6.61 Å². The molecule has 0 aromatic heterocycles. The minimum Gasteiger partial charge on any atom is -0.483 e. The van der Waals surface area contributed by atoms with Gasteiger partial charge in [-0.1, -0.05) is 48.5 Å². The predicted molar refractivity (Wildman–Crippen MR) is 107 cm³/mol. The Bertz CT molecular complexity index is 944. The van der Waals surface area contributed by atoms with E-state index in [9.17, 15) is 9.18 Å². The number of hydrazone groups is 1. The van der Waals surface area contributed by atoms with Crippen molar-refractivity contribution in [1.29, 1.82) is 0 Å². The minimum absolute atomic E-state index is 0.177. The molecule has 27 heavy (non-hydrogen) atoms. The quantitative estimate of drug-likeness (QED) is 0.455. The third-order valence-electron chi connectivity index (χ3n) is 3.67. The molecule has 0 aliphatic rings. The lowest BCUT2D eigenvalue weighted by molar-refractivity contribution is -0.123. The summed E-state index contributed by atoms with van der Waals surface area (Å²) >= 11 is 3.47. The standard InChI is InChI=1S/C21H16BrFN2O2/c22-19-12-17(16-4-2-1-3-5-16)8-11-20(19)27-14-21(26)25-24-13-15-6-9-18(23)10-7-15/h1-13H,14H2,(H,25,26)/b24-13+. The Balaban J connectivity index is 1.53. The molecule has 3 rings (SSSR count). The highest BCUT2D eigenvalue weighted by atomic mass is 79.9. The van der Waals surface area contributed by atoms with Gasteiger partial charge in [0.25, 0.3) is 5.91 Å². The number of benzene rings is 3. The van der Waals surface area contributed by atoms with Crippen molar-refractivity contribution in [2.45, 2.75) is 0 Å². The summed E-state index contributed by atoms with van der Waals surface area (Å²) in [6.45, 7) is -0.177. The van der Waals surface area contributed by atoms with Gasteiger partial charge in [0.1, 0.15) is 11.6 Å². The number of halogens is 2. The van der Waals surface area contributed by atoms with Crippen LogP contribution in [0.1, 0.15) is 5.56 Å². The van der Waals surface area contributed by atoms with Crippen LogP contribution in [-0.2, 0) is 4.79 Å². The minimum atomic E-state index is -0.396. The molecule has 1 amide bonds. The van der Waals surface area contributed by atoms with E-state index in [-0.39, 0.29) is 12.4 Å². The lowest BCUT2D eigenvalue weighted by atomic mass is 10.1. The van der Waals surface area contributed by atoms with E-state index >= 15 is 0 Å². The van der Waals surface area contributed by atoms with Crippen LogP contribution in [-0.4, -0.2) is 18.7 Å². The zero-order valence-electron chi connectivity index (χ0n) is 14.2. The number of nitrogens with one attached hydrogen (secondary N) is 1. The lowest BCUT2D eigenvalue weighted by Gasteiger charge is -2.09. The van der Waals surface area contributed by atoms with E-state index in [0.717, 1.165) is 15.6 Å². The van der Waals surface area contributed by atoms with E-state index in [2.05, 4.69) is 26.5 Å². The summed E-state index contributed by atoms with van der Waals surface area (Å²) in [5, 5.41) is 3.82. The number of rotatable bonds is 6. The normalized spacial score (nSPS) is 10.7. The first-order valence-electron chi connectivity index (χ1n) is 8.17. The average molecular weight is 427 g/mol. The van der Waals surface area contributed by atoms with E-state index in [1.165, 1.54) is 18.3 Å². The summed E-state index contributed by atoms with van der Waals surface area (Å²) in [5.41, 5.74) is 5.19. The molecule has 0 saturated heterocycles. The molecule has 3 aromatic carbocycles. The van der Waals surface area contributed by atoms with Gasteiger partial charge in [0, 0.05) is 0 Å². The fourth-order valence-corrected chi connectivity index (χ4v) is 2.82. The molecule has 6 heteroatoms. The molecule has 0 unspecified atom stereocenters. The number of hydrogen-bond donors (Lipinski definition) is 1. The Morgan fingerprint density at radius 2 is 1.78 bits per heavy atom. The van der Waals surface area contributed by atoms with Crippen molar-refractivity contribution >= 4 is 28.1 Å². The third kappa shape index (κ3) is 5.49. The fourth-order valence-electron chi connectivity index (χ4n) is 2.33. The molecule has 1 N–H and O–H groups in total. The van der Waals surface area contributed by atoms with Crippen LogP contribution in [0, 0.1) is 5.82 Å². The fraction of sp³-hybridized carbons (Fsp3) is 0.0476. The highest BCUT2D eigenvalue weighted by Gasteiger charge is 2.07. The summed E-state index contributed by atoms with van der Waals surface area (Å²) in [5.74, 6) is -0.159. The molecule has 0 radical (unpaired) electrons. The summed E-state index contributed by atoms with van der Waals surface area (Å²) in [6.07, 6.45) is 1.43. The monoisotopic (exact) mass is 426 g/mol. The van der Waals surface area contributed by atoms with Gasteiger partial charge in [0.05, 0.1) is 10.7 Å². The number of carbonyl (C=O) groups excluding carboxylic acids is 1. The number of ether oxygens (including phenoxy) is 1. The van der Waals surface area contributed by atoms with E-state index in [4.69, 9.17) is 4.74 Å². The van der Waals surface area contributed by atoms with Crippen molar-refractivity contribution in [3.8, 4) is 16.9 Å². The second kappa shape index (κ2) is 9.09. The van der Waals surface area contributed by atoms with Gasteiger partial charge in [-0.05, 0) is 56.9 Å². The molecule has 4 nitrogen and oxygen atoms in total. The molecule has 0 aliphatic heterocycles. The maximum Gasteiger partial charge on any atom is 0.277 e. The average Bonchev–Trinajstić information content (AvgIpc) is 2.69. The van der Waals surface area contributed by atoms with Crippen LogP contribution in [0.2, 0.25) is 0 Å². The molecular weight excluding hydrogens is 411 g/mol. The smallest absolute Gasteiger partial charge is 0.277 e. The molecule has 0 atom stereocenters. The lowest BCUT2D eigenvalue weighted by Crippen LogP contribution is -2.24. The van der Waals surface area contributed by atoms with Gasteiger partial charge in [-0.15, -0.1) is 0 Å². The molecule has 0 bridgehead atoms. The SMILES string of the molecule is O=C(COc1ccc(-c2ccccc2)cc1Br)N/N=C/c1ccc(F)cc1. The van der Waals surface area contributed by atoms with Gasteiger partial charge in [0.2, 0.25) is 0 Å². The van der Waals surface area contributed by atoms with Crippen molar-refractivity contribution in [1.82, 2.24) is 5.43 Å². The van der Waals surface area contributed by atoms with Crippen LogP contribution in [0.5, 0.6) is 5.75 Å². The Labute approximate surface area is 164 Å². The van der Waals surface area contributed by atoms with Gasteiger partial charge in [-0.25, -0.2) is 9.82 Å². The molecule has 136 valence electrons. The van der Waals surface area contributed by atoms with Gasteiger partial charge < -0.3 is 4.74 Å². The maximum atomic E-state index is 12.8. The van der Waals surface area contributed by atoms with E-state index < -0.39 is 5.91 Å². The van der Waals surface area contributed by atoms with Crippen molar-refractivity contribution < 1.29 is 13.9 Å². The zero-order valence-corrected chi connectivity index (χ0v) is 15.8. The summed E-state index contributed by atoms with van der Waals surface area (Å²) in [6, 6.07) is 21.4. The molecule has 0 fully saturated rings. The number of carbonyl (C=O) groups is 1. The van der Waals surface area contributed by atoms with Crippen molar-refractivity contribution in [3.05, 3.63) is 88.6 Å². The van der Waals surface area contributed by atoms with Gasteiger partial charge in [-0.2, -0.15) is 5.10 Å². The molecule has 0 heterocycles. The van der Waals surface area contributed by atoms with Crippen molar-refractivity contribution in [3.63, 3.8) is 0 Å². The van der Waals surface area contributed by atoms with Gasteiger partial charge in [0.15, 0.2) is 6.61 Å². The Morgan fingerprint density at radius 3 is 2.48 bits per heavy atom. The highest BCUT2D eigenvalue weighted by molar-refractivity contribution is 9.10. The van der Waals surface area contributed by atoms with E-state index in [1.807, 2.05) is 48.5 Å². The zero-order chi connectivity index (χ0) is 19.1. The molecule has 3 aromatic rings. The van der Waals surface area contributed by atoms with Crippen LogP contribution in [0.4, 0.5) is 4.39 Å². The van der Waals surface area contributed by atoms with Gasteiger partial charge >= 0.3 is 0 Å². The van der Waals surface area contributed by atoms with Crippen molar-refractivity contribution in [2.24, 2.45) is 5.10 Å². The number of amides is 1. The van der Waals surface area contributed by atoms with Crippen LogP contribution >= 0.6 is 15.9 Å². The van der Waals surface area contributed by atoms with Crippen LogP contribution in [0.15, 0.2) is 82.4 Å². The second-order valence-electron chi connectivity index (χ2n) is 5.64. The van der Waals surface area contributed by atoms with E-state index in [0.29, 0.717) is 11.3 Å². The first-order chi connectivity index (χ1) is 13.1. The Hall–Kier alpha value is -2.99. The molecule has 0 saturated carbocycles. The predicted octanol–water partition coefficient (Wildman–Crippen LogP) is 4.78. The molecule has 0 aliphatic carbocycles. The topological polar surface area (TPSA) is 50.7 Å². The first-order valence-corrected chi connectivity index (χ1v) is 8.96. The first kappa shape index (κ1) is 18.8. The largest absolute Gasteiger partial charge is 0.483 e. The summed E-state index contributed by atoms with van der Waals surface area (Å²) in [7, 11) is 0. The van der Waals surface area contributed by atoms with Gasteiger partial charge in [-0.3, -0.25) is 4.79 Å². The van der Waals surface area contributed by atoms with Crippen LogP contribution in [0.25, 0.3) is 11.1 Å². The van der Waals surface area contributed by atoms with Crippen LogP contribution < -0.4 is 10.2 Å². The highest BCUT2D eigenvalue weighted by Crippen LogP contribution is 2.30. The number of nitrogens with zero attached hydrogens (tertiary/aromatic N) is 1. The van der Waals surface area contributed by atoms with Crippen LogP contribution in [0.3, 0.4) is 0 Å². The van der Waals surface area contributed by atoms with E-state index in [1.54, 1.807) is 12.1 Å².